The Hall–Kier alpha value is -3.69. The Morgan fingerprint density at radius 2 is 1.91 bits per heavy atom. The van der Waals surface area contributed by atoms with E-state index in [2.05, 4.69) is 15.4 Å². The molecule has 8 nitrogen and oxygen atoms in total. The van der Waals surface area contributed by atoms with Gasteiger partial charge in [-0.3, -0.25) is 4.79 Å². The number of benzene rings is 2. The molecule has 0 aliphatic rings. The van der Waals surface area contributed by atoms with Crippen molar-refractivity contribution in [2.75, 3.05) is 11.6 Å². The van der Waals surface area contributed by atoms with E-state index in [0.29, 0.717) is 5.82 Å². The molecule has 33 heavy (non-hydrogen) atoms. The first kappa shape index (κ1) is 22.5. The Kier molecular flexibility index (Phi) is 6.43. The molecule has 0 saturated carbocycles. The van der Waals surface area contributed by atoms with Gasteiger partial charge < -0.3 is 10.1 Å². The van der Waals surface area contributed by atoms with E-state index in [1.807, 2.05) is 36.4 Å². The average Bonchev–Trinajstić information content (AvgIpc) is 3.28. The number of hydrogen-bond donors (Lipinski definition) is 1. The number of pyridine rings is 1. The minimum absolute atomic E-state index is 0.0116. The molecule has 0 atom stereocenters. The van der Waals surface area contributed by atoms with Crippen LogP contribution in [0.1, 0.15) is 15.9 Å². The van der Waals surface area contributed by atoms with Crippen molar-refractivity contribution in [2.24, 2.45) is 0 Å². The summed E-state index contributed by atoms with van der Waals surface area (Å²) in [6.07, 6.45) is 5.63. The number of amides is 1. The van der Waals surface area contributed by atoms with Crippen molar-refractivity contribution in [1.29, 1.82) is 0 Å². The van der Waals surface area contributed by atoms with Crippen LogP contribution >= 0.6 is 11.6 Å². The lowest BCUT2D eigenvalue weighted by atomic mass is 10.2. The predicted octanol–water partition coefficient (Wildman–Crippen LogP) is 4.16. The van der Waals surface area contributed by atoms with Crippen molar-refractivity contribution in [3.63, 3.8) is 0 Å². The topological polar surface area (TPSA) is 103 Å². The van der Waals surface area contributed by atoms with E-state index in [1.165, 1.54) is 35.3 Å². The normalized spacial score (nSPS) is 11.2. The first-order chi connectivity index (χ1) is 15.8. The van der Waals surface area contributed by atoms with Gasteiger partial charge in [-0.05, 0) is 36.4 Å². The predicted molar refractivity (Wildman–Crippen MR) is 125 cm³/mol. The number of carbonyl (C=O) groups excluding carboxylic acids is 1. The number of para-hydroxylation sites is 1. The van der Waals surface area contributed by atoms with Gasteiger partial charge in [-0.25, -0.2) is 18.1 Å². The largest absolute Gasteiger partial charge is 0.489 e. The third kappa shape index (κ3) is 5.57. The Bertz CT molecular complexity index is 1410. The van der Waals surface area contributed by atoms with Gasteiger partial charge >= 0.3 is 0 Å². The number of anilines is 1. The molecule has 0 aliphatic heterocycles. The summed E-state index contributed by atoms with van der Waals surface area (Å²) in [6, 6.07) is 17.2. The summed E-state index contributed by atoms with van der Waals surface area (Å²) >= 11 is 6.01. The van der Waals surface area contributed by atoms with E-state index in [1.54, 1.807) is 12.3 Å². The van der Waals surface area contributed by atoms with Crippen molar-refractivity contribution in [3.8, 4) is 11.6 Å². The molecule has 0 radical (unpaired) electrons. The molecule has 168 valence electrons. The van der Waals surface area contributed by atoms with Gasteiger partial charge in [0.05, 0.1) is 16.7 Å². The molecule has 2 aromatic heterocycles. The highest BCUT2D eigenvalue weighted by atomic mass is 35.5. The van der Waals surface area contributed by atoms with Crippen LogP contribution in [0, 0.1) is 0 Å². The summed E-state index contributed by atoms with van der Waals surface area (Å²) in [7, 11) is -3.48. The summed E-state index contributed by atoms with van der Waals surface area (Å²) in [5.74, 6) is 0.776. The van der Waals surface area contributed by atoms with Crippen LogP contribution in [0.5, 0.6) is 5.75 Å². The zero-order valence-corrected chi connectivity index (χ0v) is 19.0. The summed E-state index contributed by atoms with van der Waals surface area (Å²) in [4.78, 5) is 17.1. The average molecular weight is 483 g/mol. The molecule has 2 aromatic carbocycles. The first-order valence-electron chi connectivity index (χ1n) is 9.78. The molecule has 0 fully saturated rings. The van der Waals surface area contributed by atoms with Gasteiger partial charge in [0.25, 0.3) is 5.91 Å². The molecule has 0 aliphatic carbocycles. The second kappa shape index (κ2) is 9.43. The number of halogens is 1. The number of hydrogen-bond acceptors (Lipinski definition) is 6. The molecule has 4 aromatic rings. The fourth-order valence-electron chi connectivity index (χ4n) is 3.04. The van der Waals surface area contributed by atoms with Crippen LogP contribution in [0.3, 0.4) is 0 Å². The minimum Gasteiger partial charge on any atom is -0.489 e. The quantitative estimate of drug-likeness (QED) is 0.424. The number of nitrogens with one attached hydrogen (secondary N) is 1. The Morgan fingerprint density at radius 1 is 1.12 bits per heavy atom. The molecule has 4 rings (SSSR count). The first-order valence-corrected chi connectivity index (χ1v) is 12.1. The monoisotopic (exact) mass is 482 g/mol. The van der Waals surface area contributed by atoms with Crippen molar-refractivity contribution in [1.82, 2.24) is 14.8 Å². The van der Waals surface area contributed by atoms with E-state index in [4.69, 9.17) is 16.3 Å². The highest BCUT2D eigenvalue weighted by Gasteiger charge is 2.15. The third-order valence-electron chi connectivity index (χ3n) is 4.62. The number of carbonyl (C=O) groups is 1. The van der Waals surface area contributed by atoms with Gasteiger partial charge in [0.2, 0.25) is 0 Å². The van der Waals surface area contributed by atoms with Gasteiger partial charge in [-0.2, -0.15) is 5.10 Å². The zero-order valence-electron chi connectivity index (χ0n) is 17.5. The molecule has 1 amide bonds. The van der Waals surface area contributed by atoms with E-state index < -0.39 is 15.7 Å². The van der Waals surface area contributed by atoms with Crippen molar-refractivity contribution < 1.29 is 17.9 Å². The van der Waals surface area contributed by atoms with Crippen molar-refractivity contribution in [2.45, 2.75) is 11.5 Å². The van der Waals surface area contributed by atoms with E-state index in [-0.39, 0.29) is 27.8 Å². The molecule has 0 spiro atoms. The fourth-order valence-corrected chi connectivity index (χ4v) is 4.02. The molecule has 0 unspecified atom stereocenters. The van der Waals surface area contributed by atoms with Gasteiger partial charge in [-0.1, -0.05) is 35.9 Å². The molecular formula is C23H19ClN4O4S. The Morgan fingerprint density at radius 3 is 2.67 bits per heavy atom. The third-order valence-corrected chi connectivity index (χ3v) is 5.93. The number of rotatable bonds is 7. The fraction of sp³-hybridized carbons (Fsp3) is 0.0870. The summed E-state index contributed by atoms with van der Waals surface area (Å²) < 4.78 is 31.0. The number of ether oxygens (including phenoxy) is 1. The molecule has 0 bridgehead atoms. The van der Waals surface area contributed by atoms with Crippen LogP contribution in [-0.2, 0) is 16.4 Å². The van der Waals surface area contributed by atoms with Crippen molar-refractivity contribution >= 4 is 33.0 Å². The van der Waals surface area contributed by atoms with Gasteiger partial charge in [-0.15, -0.1) is 0 Å². The summed E-state index contributed by atoms with van der Waals surface area (Å²) in [5.41, 5.74) is 1.30. The van der Waals surface area contributed by atoms with Crippen LogP contribution < -0.4 is 10.1 Å². The van der Waals surface area contributed by atoms with Crippen LogP contribution in [-0.4, -0.2) is 35.3 Å². The van der Waals surface area contributed by atoms with E-state index >= 15 is 0 Å². The Balaban J connectivity index is 1.53. The minimum atomic E-state index is -3.48. The second-order valence-corrected chi connectivity index (χ2v) is 9.62. The Labute approximate surface area is 195 Å². The molecule has 1 N–H and O–H groups in total. The summed E-state index contributed by atoms with van der Waals surface area (Å²) in [5, 5.41) is 7.10. The van der Waals surface area contributed by atoms with Crippen LogP contribution in [0.25, 0.3) is 5.82 Å². The molecule has 10 heteroatoms. The highest BCUT2D eigenvalue weighted by Crippen LogP contribution is 2.23. The van der Waals surface area contributed by atoms with Gasteiger partial charge in [0, 0.05) is 34.9 Å². The lowest BCUT2D eigenvalue weighted by Crippen LogP contribution is -2.12. The molecule has 2 heterocycles. The number of nitrogens with zero attached hydrogens (tertiary/aromatic N) is 3. The lowest BCUT2D eigenvalue weighted by Gasteiger charge is -2.10. The van der Waals surface area contributed by atoms with Crippen molar-refractivity contribution in [3.05, 3.63) is 95.4 Å². The molecule has 0 saturated heterocycles. The van der Waals surface area contributed by atoms with Gasteiger partial charge in [0.15, 0.2) is 15.7 Å². The maximum Gasteiger partial charge on any atom is 0.258 e. The van der Waals surface area contributed by atoms with Crippen LogP contribution in [0.4, 0.5) is 5.69 Å². The summed E-state index contributed by atoms with van der Waals surface area (Å²) in [6.45, 7) is 0.269. The van der Waals surface area contributed by atoms with Gasteiger partial charge in [0.1, 0.15) is 12.4 Å². The number of sulfone groups is 1. The smallest absolute Gasteiger partial charge is 0.258 e. The van der Waals surface area contributed by atoms with Crippen LogP contribution in [0.2, 0.25) is 5.02 Å². The zero-order chi connectivity index (χ0) is 23.4. The van der Waals surface area contributed by atoms with E-state index in [9.17, 15) is 13.2 Å². The second-order valence-electron chi connectivity index (χ2n) is 7.16. The SMILES string of the molecule is CS(=O)(=O)c1cc(Cl)cc(NC(=O)c2cnn(-c3ncccc3COc3ccccc3)c2)c1. The van der Waals surface area contributed by atoms with Crippen LogP contribution in [0.15, 0.2) is 84.1 Å². The van der Waals surface area contributed by atoms with E-state index in [0.717, 1.165) is 17.6 Å². The standard InChI is InChI=1S/C23H19ClN4O4S/c1-33(30,31)21-11-18(24)10-19(12-21)27-23(29)17-13-26-28(14-17)22-16(6-5-9-25-22)15-32-20-7-3-2-4-8-20/h2-14H,15H2,1H3,(H,27,29). The molecular weight excluding hydrogens is 464 g/mol. The maximum absolute atomic E-state index is 12.7. The number of aromatic nitrogens is 3. The maximum atomic E-state index is 12.7. The highest BCUT2D eigenvalue weighted by molar-refractivity contribution is 7.90. The lowest BCUT2D eigenvalue weighted by molar-refractivity contribution is 0.102.